The zero-order chi connectivity index (χ0) is 12.7. The number of amides is 1. The molecule has 1 amide bonds. The molecule has 0 aliphatic heterocycles. The molecule has 90 valence electrons. The summed E-state index contributed by atoms with van der Waals surface area (Å²) >= 11 is 0. The molecule has 0 saturated carbocycles. The first-order valence-corrected chi connectivity index (χ1v) is 5.38. The molecule has 0 N–H and O–H groups in total. The second-order valence-electron chi connectivity index (χ2n) is 3.47. The number of carbonyl (C=O) groups excluding carboxylic acids is 1. The highest BCUT2D eigenvalue weighted by Crippen LogP contribution is 2.02. The molecule has 1 heterocycles. The molecule has 1 aromatic heterocycles. The highest BCUT2D eigenvalue weighted by atomic mass is 16.5. The summed E-state index contributed by atoms with van der Waals surface area (Å²) in [6, 6.07) is 5.09. The quantitative estimate of drug-likeness (QED) is 0.713. The monoisotopic (exact) mass is 233 g/mol. The Morgan fingerprint density at radius 3 is 2.88 bits per heavy atom. The smallest absolute Gasteiger partial charge is 0.272 e. The summed E-state index contributed by atoms with van der Waals surface area (Å²) in [5, 5.41) is 8.62. The third-order valence-corrected chi connectivity index (χ3v) is 2.23. The van der Waals surface area contributed by atoms with E-state index in [-0.39, 0.29) is 5.91 Å². The Morgan fingerprint density at radius 1 is 1.59 bits per heavy atom. The van der Waals surface area contributed by atoms with Crippen molar-refractivity contribution in [2.75, 3.05) is 26.8 Å². The lowest BCUT2D eigenvalue weighted by atomic mass is 10.2. The van der Waals surface area contributed by atoms with Crippen molar-refractivity contribution < 1.29 is 9.53 Å². The standard InChI is InChI=1S/C12H15N3O2/c1-3-17-7-6-15(2)12(16)11-5-4-10(8-13)9-14-11/h4-5,9H,3,6-7H2,1-2H3. The van der Waals surface area contributed by atoms with Crippen molar-refractivity contribution in [2.24, 2.45) is 0 Å². The first-order valence-electron chi connectivity index (χ1n) is 5.38. The maximum atomic E-state index is 11.9. The molecular formula is C12H15N3O2. The van der Waals surface area contributed by atoms with Gasteiger partial charge in [-0.1, -0.05) is 0 Å². The van der Waals surface area contributed by atoms with Crippen molar-refractivity contribution in [3.05, 3.63) is 29.6 Å². The Balaban J connectivity index is 2.59. The van der Waals surface area contributed by atoms with Gasteiger partial charge in [0, 0.05) is 26.4 Å². The third kappa shape index (κ3) is 3.85. The molecule has 0 atom stereocenters. The number of likely N-dealkylation sites (N-methyl/N-ethyl adjacent to an activating group) is 1. The van der Waals surface area contributed by atoms with Gasteiger partial charge in [0.25, 0.3) is 5.91 Å². The fourth-order valence-electron chi connectivity index (χ4n) is 1.23. The Kier molecular flexibility index (Phi) is 5.11. The van der Waals surface area contributed by atoms with Crippen LogP contribution in [0.3, 0.4) is 0 Å². The van der Waals surface area contributed by atoms with E-state index in [2.05, 4.69) is 4.98 Å². The number of hydrogen-bond donors (Lipinski definition) is 0. The lowest BCUT2D eigenvalue weighted by Gasteiger charge is -2.16. The number of rotatable bonds is 5. The van der Waals surface area contributed by atoms with E-state index >= 15 is 0 Å². The second kappa shape index (κ2) is 6.61. The number of nitriles is 1. The molecule has 0 aliphatic rings. The van der Waals surface area contributed by atoms with E-state index in [1.54, 1.807) is 24.1 Å². The maximum Gasteiger partial charge on any atom is 0.272 e. The molecule has 0 bridgehead atoms. The lowest BCUT2D eigenvalue weighted by molar-refractivity contribution is 0.0704. The molecule has 5 nitrogen and oxygen atoms in total. The van der Waals surface area contributed by atoms with Crippen LogP contribution in [0.2, 0.25) is 0 Å². The molecule has 0 aliphatic carbocycles. The topological polar surface area (TPSA) is 66.2 Å². The molecule has 0 unspecified atom stereocenters. The molecule has 1 rings (SSSR count). The van der Waals surface area contributed by atoms with Gasteiger partial charge in [0.1, 0.15) is 11.8 Å². The highest BCUT2D eigenvalue weighted by molar-refractivity contribution is 5.92. The zero-order valence-electron chi connectivity index (χ0n) is 10.0. The zero-order valence-corrected chi connectivity index (χ0v) is 10.0. The fraction of sp³-hybridized carbons (Fsp3) is 0.417. The maximum absolute atomic E-state index is 11.9. The predicted octanol–water partition coefficient (Wildman–Crippen LogP) is 1.06. The summed E-state index contributed by atoms with van der Waals surface area (Å²) < 4.78 is 5.17. The number of nitrogens with zero attached hydrogens (tertiary/aromatic N) is 3. The van der Waals surface area contributed by atoms with E-state index in [4.69, 9.17) is 10.00 Å². The average molecular weight is 233 g/mol. The van der Waals surface area contributed by atoms with Gasteiger partial charge in [0.05, 0.1) is 12.2 Å². The van der Waals surface area contributed by atoms with Crippen LogP contribution >= 0.6 is 0 Å². The summed E-state index contributed by atoms with van der Waals surface area (Å²) in [5.74, 6) is -0.172. The number of pyridine rings is 1. The number of ether oxygens (including phenoxy) is 1. The third-order valence-electron chi connectivity index (χ3n) is 2.23. The SMILES string of the molecule is CCOCCN(C)C(=O)c1ccc(C#N)cn1. The molecule has 1 aromatic rings. The summed E-state index contributed by atoms with van der Waals surface area (Å²) in [5.41, 5.74) is 0.779. The highest BCUT2D eigenvalue weighted by Gasteiger charge is 2.12. The first-order chi connectivity index (χ1) is 8.19. The van der Waals surface area contributed by atoms with Gasteiger partial charge in [-0.15, -0.1) is 0 Å². The van der Waals surface area contributed by atoms with Crippen LogP contribution in [-0.2, 0) is 4.74 Å². The van der Waals surface area contributed by atoms with E-state index in [0.717, 1.165) is 0 Å². The second-order valence-corrected chi connectivity index (χ2v) is 3.47. The van der Waals surface area contributed by atoms with E-state index in [0.29, 0.717) is 31.0 Å². The van der Waals surface area contributed by atoms with Crippen molar-refractivity contribution in [2.45, 2.75) is 6.92 Å². The predicted molar refractivity (Wildman–Crippen MR) is 62.4 cm³/mol. The molecule has 0 aromatic carbocycles. The van der Waals surface area contributed by atoms with Gasteiger partial charge in [-0.3, -0.25) is 4.79 Å². The van der Waals surface area contributed by atoms with Crippen LogP contribution in [0.25, 0.3) is 0 Å². The van der Waals surface area contributed by atoms with Crippen molar-refractivity contribution in [3.8, 4) is 6.07 Å². The van der Waals surface area contributed by atoms with E-state index in [1.807, 2.05) is 13.0 Å². The van der Waals surface area contributed by atoms with Gasteiger partial charge < -0.3 is 9.64 Å². The van der Waals surface area contributed by atoms with Gasteiger partial charge in [0.15, 0.2) is 0 Å². The Morgan fingerprint density at radius 2 is 2.35 bits per heavy atom. The molecule has 0 fully saturated rings. The van der Waals surface area contributed by atoms with Gasteiger partial charge in [0.2, 0.25) is 0 Å². The molecule has 5 heteroatoms. The minimum absolute atomic E-state index is 0.172. The molecule has 0 spiro atoms. The summed E-state index contributed by atoms with van der Waals surface area (Å²) in [7, 11) is 1.70. The number of hydrogen-bond acceptors (Lipinski definition) is 4. The minimum atomic E-state index is -0.172. The molecular weight excluding hydrogens is 218 g/mol. The minimum Gasteiger partial charge on any atom is -0.380 e. The molecule has 0 saturated heterocycles. The van der Waals surface area contributed by atoms with Crippen molar-refractivity contribution in [3.63, 3.8) is 0 Å². The average Bonchev–Trinajstić information content (AvgIpc) is 2.38. The van der Waals surface area contributed by atoms with E-state index < -0.39 is 0 Å². The largest absolute Gasteiger partial charge is 0.380 e. The Bertz CT molecular complexity index is 409. The molecule has 17 heavy (non-hydrogen) atoms. The van der Waals surface area contributed by atoms with Gasteiger partial charge in [-0.25, -0.2) is 4.98 Å². The lowest BCUT2D eigenvalue weighted by Crippen LogP contribution is -2.30. The fourth-order valence-corrected chi connectivity index (χ4v) is 1.23. The van der Waals surface area contributed by atoms with Crippen LogP contribution in [0, 0.1) is 11.3 Å². The van der Waals surface area contributed by atoms with Crippen molar-refractivity contribution in [1.29, 1.82) is 5.26 Å². The summed E-state index contributed by atoms with van der Waals surface area (Å²) in [4.78, 5) is 17.4. The van der Waals surface area contributed by atoms with Gasteiger partial charge in [-0.05, 0) is 19.1 Å². The van der Waals surface area contributed by atoms with Crippen LogP contribution in [0.5, 0.6) is 0 Å². The summed E-state index contributed by atoms with van der Waals surface area (Å²) in [6.07, 6.45) is 1.39. The van der Waals surface area contributed by atoms with Gasteiger partial charge in [-0.2, -0.15) is 5.26 Å². The number of carbonyl (C=O) groups is 1. The normalized spacial score (nSPS) is 9.71. The van der Waals surface area contributed by atoms with Crippen molar-refractivity contribution in [1.82, 2.24) is 9.88 Å². The van der Waals surface area contributed by atoms with Crippen LogP contribution in [-0.4, -0.2) is 42.6 Å². The van der Waals surface area contributed by atoms with Gasteiger partial charge >= 0.3 is 0 Å². The van der Waals surface area contributed by atoms with Crippen LogP contribution in [0.15, 0.2) is 18.3 Å². The van der Waals surface area contributed by atoms with E-state index in [9.17, 15) is 4.79 Å². The van der Waals surface area contributed by atoms with Crippen LogP contribution in [0.1, 0.15) is 23.0 Å². The Hall–Kier alpha value is -1.93. The first kappa shape index (κ1) is 13.1. The summed E-state index contributed by atoms with van der Waals surface area (Å²) in [6.45, 7) is 3.57. The number of aromatic nitrogens is 1. The van der Waals surface area contributed by atoms with Crippen LogP contribution in [0.4, 0.5) is 0 Å². The van der Waals surface area contributed by atoms with Crippen molar-refractivity contribution >= 4 is 5.91 Å². The Labute approximate surface area is 101 Å². The van der Waals surface area contributed by atoms with E-state index in [1.165, 1.54) is 6.20 Å². The van der Waals surface area contributed by atoms with Crippen LogP contribution < -0.4 is 0 Å². The molecule has 0 radical (unpaired) electrons.